The van der Waals surface area contributed by atoms with Crippen LogP contribution in [0.1, 0.15) is 34.6 Å². The summed E-state index contributed by atoms with van der Waals surface area (Å²) in [5.74, 6) is -0.429. The summed E-state index contributed by atoms with van der Waals surface area (Å²) >= 11 is 0. The molecule has 4 heteroatoms. The molecule has 0 saturated heterocycles. The third-order valence-corrected chi connectivity index (χ3v) is 3.84. The number of hydrogen-bond acceptors (Lipinski definition) is 3. The van der Waals surface area contributed by atoms with Gasteiger partial charge in [-0.2, -0.15) is 0 Å². The zero-order valence-corrected chi connectivity index (χ0v) is 12.8. The number of carbonyl (C=O) groups excluding carboxylic acids is 2. The minimum Gasteiger partial charge on any atom is -0.462 e. The van der Waals surface area contributed by atoms with Crippen LogP contribution in [0.25, 0.3) is 21.8 Å². The maximum Gasteiger partial charge on any atom is 0.339 e. The summed E-state index contributed by atoms with van der Waals surface area (Å²) in [5, 5.41) is 1.67. The molecule has 0 saturated carbocycles. The normalized spacial score (nSPS) is 11.0. The first-order chi connectivity index (χ1) is 10.6. The van der Waals surface area contributed by atoms with Crippen LogP contribution in [0.15, 0.2) is 36.4 Å². The molecule has 0 aliphatic rings. The van der Waals surface area contributed by atoms with Crippen molar-refractivity contribution in [1.82, 2.24) is 4.57 Å². The summed E-state index contributed by atoms with van der Waals surface area (Å²) in [4.78, 5) is 24.5. The maximum absolute atomic E-state index is 12.4. The van der Waals surface area contributed by atoms with Crippen LogP contribution in [0.2, 0.25) is 0 Å². The van der Waals surface area contributed by atoms with Crippen LogP contribution in [-0.2, 0) is 4.74 Å². The number of esters is 1. The summed E-state index contributed by atoms with van der Waals surface area (Å²) in [6.07, 6.45) is 0. The number of hydrogen-bond donors (Lipinski definition) is 0. The lowest BCUT2D eigenvalue weighted by Gasteiger charge is -2.08. The largest absolute Gasteiger partial charge is 0.462 e. The first kappa shape index (κ1) is 14.3. The Kier molecular flexibility index (Phi) is 3.45. The minimum absolute atomic E-state index is 0.0788. The SMILES string of the molecule is CCOC(=O)c1c(C)ccc2c1c1ccccc1n2C(C)=O. The van der Waals surface area contributed by atoms with Crippen molar-refractivity contribution < 1.29 is 14.3 Å². The lowest BCUT2D eigenvalue weighted by Crippen LogP contribution is -2.08. The molecule has 0 radical (unpaired) electrons. The van der Waals surface area contributed by atoms with Crippen LogP contribution >= 0.6 is 0 Å². The van der Waals surface area contributed by atoms with Gasteiger partial charge in [0.05, 0.1) is 23.2 Å². The molecule has 0 fully saturated rings. The lowest BCUT2D eigenvalue weighted by molar-refractivity contribution is 0.0527. The van der Waals surface area contributed by atoms with E-state index in [1.54, 1.807) is 11.5 Å². The Morgan fingerprint density at radius 2 is 1.82 bits per heavy atom. The van der Waals surface area contributed by atoms with E-state index in [0.717, 1.165) is 27.4 Å². The van der Waals surface area contributed by atoms with E-state index < -0.39 is 0 Å². The molecule has 4 nitrogen and oxygen atoms in total. The Labute approximate surface area is 128 Å². The number of carbonyl (C=O) groups is 2. The summed E-state index contributed by atoms with van der Waals surface area (Å²) in [5.41, 5.74) is 2.93. The Bertz CT molecular complexity index is 905. The molecule has 0 spiro atoms. The summed E-state index contributed by atoms with van der Waals surface area (Å²) in [7, 11) is 0. The van der Waals surface area contributed by atoms with Gasteiger partial charge < -0.3 is 4.74 Å². The average Bonchev–Trinajstić information content (AvgIpc) is 2.82. The predicted molar refractivity (Wildman–Crippen MR) is 86.4 cm³/mol. The molecule has 3 aromatic rings. The van der Waals surface area contributed by atoms with Gasteiger partial charge in [0.15, 0.2) is 0 Å². The fourth-order valence-corrected chi connectivity index (χ4v) is 2.97. The van der Waals surface area contributed by atoms with Gasteiger partial charge in [0.1, 0.15) is 0 Å². The number of aryl methyl sites for hydroxylation is 1. The fraction of sp³-hybridized carbons (Fsp3) is 0.222. The summed E-state index contributed by atoms with van der Waals surface area (Å²) in [6.45, 7) is 5.51. The van der Waals surface area contributed by atoms with Crippen molar-refractivity contribution in [3.63, 3.8) is 0 Å². The molecule has 0 atom stereocenters. The standard InChI is InChI=1S/C18H17NO3/c1-4-22-18(21)16-11(2)9-10-15-17(16)13-7-5-6-8-14(13)19(15)12(3)20/h5-10H,4H2,1-3H3. The molecule has 2 aromatic carbocycles. The summed E-state index contributed by atoms with van der Waals surface area (Å²) < 4.78 is 6.85. The Morgan fingerprint density at radius 3 is 2.50 bits per heavy atom. The topological polar surface area (TPSA) is 48.3 Å². The number of rotatable bonds is 2. The van der Waals surface area contributed by atoms with Crippen LogP contribution in [0.5, 0.6) is 0 Å². The van der Waals surface area contributed by atoms with Gasteiger partial charge in [0, 0.05) is 17.7 Å². The third kappa shape index (κ3) is 1.99. The smallest absolute Gasteiger partial charge is 0.339 e. The van der Waals surface area contributed by atoms with Gasteiger partial charge in [-0.1, -0.05) is 24.3 Å². The molecular weight excluding hydrogens is 278 g/mol. The van der Waals surface area contributed by atoms with Gasteiger partial charge in [-0.15, -0.1) is 0 Å². The summed E-state index contributed by atoms with van der Waals surface area (Å²) in [6, 6.07) is 11.4. The number of ether oxygens (including phenoxy) is 1. The predicted octanol–water partition coefficient (Wildman–Crippen LogP) is 3.94. The van der Waals surface area contributed by atoms with E-state index in [1.807, 2.05) is 43.3 Å². The average molecular weight is 295 g/mol. The highest BCUT2D eigenvalue weighted by Gasteiger charge is 2.21. The van der Waals surface area contributed by atoms with Crippen LogP contribution in [0.4, 0.5) is 0 Å². The van der Waals surface area contributed by atoms with Gasteiger partial charge in [0.2, 0.25) is 5.91 Å². The van der Waals surface area contributed by atoms with E-state index in [1.165, 1.54) is 6.92 Å². The molecular formula is C18H17NO3. The van der Waals surface area contributed by atoms with Crippen molar-refractivity contribution in [1.29, 1.82) is 0 Å². The van der Waals surface area contributed by atoms with E-state index >= 15 is 0 Å². The number of nitrogens with zero attached hydrogens (tertiary/aromatic N) is 1. The van der Waals surface area contributed by atoms with Gasteiger partial charge in [-0.3, -0.25) is 9.36 Å². The zero-order chi connectivity index (χ0) is 15.9. The number of aromatic nitrogens is 1. The second-order valence-corrected chi connectivity index (χ2v) is 5.24. The highest BCUT2D eigenvalue weighted by Crippen LogP contribution is 2.33. The molecule has 112 valence electrons. The lowest BCUT2D eigenvalue weighted by atomic mass is 10.0. The van der Waals surface area contributed by atoms with Crippen LogP contribution in [0, 0.1) is 6.92 Å². The number of benzene rings is 2. The fourth-order valence-electron chi connectivity index (χ4n) is 2.97. The minimum atomic E-state index is -0.350. The van der Waals surface area contributed by atoms with Crippen LogP contribution < -0.4 is 0 Å². The van der Waals surface area contributed by atoms with Crippen molar-refractivity contribution in [2.75, 3.05) is 6.61 Å². The number of fused-ring (bicyclic) bond motifs is 3. The maximum atomic E-state index is 12.4. The van der Waals surface area contributed by atoms with E-state index in [4.69, 9.17) is 4.74 Å². The molecule has 0 amide bonds. The highest BCUT2D eigenvalue weighted by molar-refractivity contribution is 6.20. The molecule has 0 unspecified atom stereocenters. The van der Waals surface area contributed by atoms with Crippen molar-refractivity contribution in [3.05, 3.63) is 47.5 Å². The van der Waals surface area contributed by atoms with Crippen molar-refractivity contribution in [2.24, 2.45) is 0 Å². The quantitative estimate of drug-likeness (QED) is 0.673. The van der Waals surface area contributed by atoms with Gasteiger partial charge in [-0.25, -0.2) is 4.79 Å². The third-order valence-electron chi connectivity index (χ3n) is 3.84. The molecule has 0 aliphatic heterocycles. The van der Waals surface area contributed by atoms with Gasteiger partial charge >= 0.3 is 5.97 Å². The van der Waals surface area contributed by atoms with E-state index in [-0.39, 0.29) is 11.9 Å². The second kappa shape index (κ2) is 5.30. The molecule has 1 heterocycles. The first-order valence-corrected chi connectivity index (χ1v) is 7.27. The van der Waals surface area contributed by atoms with E-state index in [2.05, 4.69) is 0 Å². The van der Waals surface area contributed by atoms with E-state index in [0.29, 0.717) is 12.2 Å². The Balaban J connectivity index is 2.52. The molecule has 3 rings (SSSR count). The molecule has 0 N–H and O–H groups in total. The van der Waals surface area contributed by atoms with E-state index in [9.17, 15) is 9.59 Å². The monoisotopic (exact) mass is 295 g/mol. The second-order valence-electron chi connectivity index (χ2n) is 5.24. The molecule has 0 bridgehead atoms. The van der Waals surface area contributed by atoms with Crippen LogP contribution in [0.3, 0.4) is 0 Å². The molecule has 22 heavy (non-hydrogen) atoms. The van der Waals surface area contributed by atoms with Gasteiger partial charge in [0.25, 0.3) is 0 Å². The number of para-hydroxylation sites is 1. The zero-order valence-electron chi connectivity index (χ0n) is 12.8. The van der Waals surface area contributed by atoms with Crippen molar-refractivity contribution in [3.8, 4) is 0 Å². The highest BCUT2D eigenvalue weighted by atomic mass is 16.5. The van der Waals surface area contributed by atoms with Crippen molar-refractivity contribution in [2.45, 2.75) is 20.8 Å². The Morgan fingerprint density at radius 1 is 1.09 bits per heavy atom. The van der Waals surface area contributed by atoms with Crippen LogP contribution in [-0.4, -0.2) is 23.1 Å². The van der Waals surface area contributed by atoms with Crippen molar-refractivity contribution >= 4 is 33.7 Å². The Hall–Kier alpha value is -2.62. The first-order valence-electron chi connectivity index (χ1n) is 7.27. The van der Waals surface area contributed by atoms with Gasteiger partial charge in [-0.05, 0) is 31.5 Å². The molecule has 0 aliphatic carbocycles. The molecule has 1 aromatic heterocycles.